The summed E-state index contributed by atoms with van der Waals surface area (Å²) in [6.45, 7) is 0. The van der Waals surface area contributed by atoms with Crippen molar-refractivity contribution in [2.24, 2.45) is 0 Å². The van der Waals surface area contributed by atoms with Crippen LogP contribution in [0.4, 0.5) is 0 Å². The molecule has 0 N–H and O–H groups in total. The minimum Gasteiger partial charge on any atom is -0.822 e. The molecule has 0 aromatic heterocycles. The van der Waals surface area contributed by atoms with Crippen molar-refractivity contribution in [2.45, 2.75) is 0 Å². The van der Waals surface area contributed by atoms with Gasteiger partial charge in [0.05, 0.1) is 0 Å². The topological polar surface area (TPSA) is 86.2 Å². The molecule has 7 heavy (non-hydrogen) atoms. The van der Waals surface area contributed by atoms with Crippen LogP contribution in [0, 0.1) is 35.6 Å². The second kappa shape index (κ2) is 6.43. The Morgan fingerprint density at radius 1 is 1.14 bits per heavy atom. The standard InChI is InChI=1S/La.Na.H3O4P/c;;1-5(2,3)4/h;;(H3,1,2,3,4)/q+3;+1;/p-3. The maximum Gasteiger partial charge on any atom is 3.00 e. The van der Waals surface area contributed by atoms with Crippen LogP contribution in [0.2, 0.25) is 0 Å². The smallest absolute Gasteiger partial charge is 0.822 e. The van der Waals surface area contributed by atoms with Crippen LogP contribution in [0.1, 0.15) is 0 Å². The van der Waals surface area contributed by atoms with Gasteiger partial charge in [-0.1, -0.05) is 0 Å². The Bertz CT molecular complexity index is 57.8. The summed E-state index contributed by atoms with van der Waals surface area (Å²) in [5, 5.41) is 0. The Labute approximate surface area is 90.8 Å². The zero-order chi connectivity index (χ0) is 4.50. The summed E-state index contributed by atoms with van der Waals surface area (Å²) >= 11 is 0. The third-order valence-corrected chi connectivity index (χ3v) is 0. The van der Waals surface area contributed by atoms with Gasteiger partial charge in [0.2, 0.25) is 0 Å². The number of phosphoric acid groups is 1. The molecule has 0 aliphatic heterocycles. The molecule has 0 aromatic rings. The van der Waals surface area contributed by atoms with Gasteiger partial charge < -0.3 is 19.2 Å². The van der Waals surface area contributed by atoms with E-state index in [9.17, 15) is 0 Å². The minimum atomic E-state index is -5.39. The molecular formula is LaNaO4P+. The van der Waals surface area contributed by atoms with Crippen molar-refractivity contribution in [1.29, 1.82) is 0 Å². The molecule has 0 heterocycles. The fraction of sp³-hybridized carbons (Fsp3) is 0. The first-order valence-electron chi connectivity index (χ1n) is 0.730. The molecule has 0 rings (SSSR count). The predicted molar refractivity (Wildman–Crippen MR) is 7.61 cm³/mol. The van der Waals surface area contributed by atoms with E-state index in [0.717, 1.165) is 0 Å². The van der Waals surface area contributed by atoms with Crippen LogP contribution in [0.5, 0.6) is 0 Å². The molecule has 4 nitrogen and oxygen atoms in total. The maximum absolute atomic E-state index is 8.55. The van der Waals surface area contributed by atoms with E-state index in [0.29, 0.717) is 0 Å². The summed E-state index contributed by atoms with van der Waals surface area (Å²) in [5.41, 5.74) is 0. The Hall–Kier alpha value is 2.30. The number of rotatable bonds is 0. The van der Waals surface area contributed by atoms with Gasteiger partial charge in [-0.15, -0.1) is 0 Å². The molecule has 0 aliphatic carbocycles. The average Bonchev–Trinajstić information content (AvgIpc) is 0.722. The summed E-state index contributed by atoms with van der Waals surface area (Å²) < 4.78 is 8.55. The second-order valence-corrected chi connectivity index (χ2v) is 1.34. The van der Waals surface area contributed by atoms with Gasteiger partial charge in [0, 0.05) is 0 Å². The van der Waals surface area contributed by atoms with E-state index < -0.39 is 7.82 Å². The van der Waals surface area contributed by atoms with E-state index in [2.05, 4.69) is 0 Å². The summed E-state index contributed by atoms with van der Waals surface area (Å²) in [7, 11) is -5.39. The van der Waals surface area contributed by atoms with E-state index in [4.69, 9.17) is 19.2 Å². The summed E-state index contributed by atoms with van der Waals surface area (Å²) in [6, 6.07) is 0. The third-order valence-electron chi connectivity index (χ3n) is 0. The van der Waals surface area contributed by atoms with Crippen molar-refractivity contribution in [1.82, 2.24) is 0 Å². The largest absolute Gasteiger partial charge is 3.00 e. The molecule has 0 atom stereocenters. The molecule has 0 spiro atoms. The third kappa shape index (κ3) is 62.1. The molecule has 0 fully saturated rings. The van der Waals surface area contributed by atoms with E-state index in [1.54, 1.807) is 0 Å². The van der Waals surface area contributed by atoms with Gasteiger partial charge in [0.15, 0.2) is 0 Å². The van der Waals surface area contributed by atoms with Crippen LogP contribution in [-0.2, 0) is 4.57 Å². The van der Waals surface area contributed by atoms with Crippen LogP contribution in [-0.4, -0.2) is 0 Å². The molecule has 0 aromatic carbocycles. The van der Waals surface area contributed by atoms with Crippen LogP contribution in [0.3, 0.4) is 0 Å². The summed E-state index contributed by atoms with van der Waals surface area (Å²) in [4.78, 5) is 25.6. The van der Waals surface area contributed by atoms with Gasteiger partial charge in [-0.05, 0) is 0 Å². The van der Waals surface area contributed by atoms with Crippen LogP contribution < -0.4 is 44.2 Å². The Kier molecular flexibility index (Phi) is 14.8. The molecular weight excluding hydrogens is 257 g/mol. The summed E-state index contributed by atoms with van der Waals surface area (Å²) in [5.74, 6) is 0. The Balaban J connectivity index is -0.0000000800. The average molecular weight is 257 g/mol. The molecule has 0 unspecified atom stereocenters. The van der Waals surface area contributed by atoms with Crippen molar-refractivity contribution in [2.75, 3.05) is 0 Å². The van der Waals surface area contributed by atoms with Crippen molar-refractivity contribution in [3.63, 3.8) is 0 Å². The quantitative estimate of drug-likeness (QED) is 0.319. The van der Waals surface area contributed by atoms with Gasteiger partial charge in [-0.3, -0.25) is 0 Å². The molecule has 32 valence electrons. The van der Waals surface area contributed by atoms with E-state index in [1.807, 2.05) is 0 Å². The monoisotopic (exact) mass is 257 g/mol. The molecule has 0 bridgehead atoms. The zero-order valence-electron chi connectivity index (χ0n) is 3.66. The fourth-order valence-electron chi connectivity index (χ4n) is 0. The molecule has 7 heteroatoms. The van der Waals surface area contributed by atoms with E-state index >= 15 is 0 Å². The first kappa shape index (κ1) is 16.1. The van der Waals surface area contributed by atoms with Crippen LogP contribution in [0.25, 0.3) is 0 Å². The van der Waals surface area contributed by atoms with Crippen LogP contribution in [0.15, 0.2) is 0 Å². The Morgan fingerprint density at radius 3 is 1.14 bits per heavy atom. The fourth-order valence-corrected chi connectivity index (χ4v) is 0. The molecule has 0 aliphatic rings. The van der Waals surface area contributed by atoms with Gasteiger partial charge >= 0.3 is 65.2 Å². The minimum absolute atomic E-state index is 0. The van der Waals surface area contributed by atoms with Gasteiger partial charge in [0.1, 0.15) is 0 Å². The second-order valence-electron chi connectivity index (χ2n) is 0.447. The van der Waals surface area contributed by atoms with Gasteiger partial charge in [0.25, 0.3) is 0 Å². The Morgan fingerprint density at radius 2 is 1.14 bits per heavy atom. The number of hydrogen-bond acceptors (Lipinski definition) is 4. The SMILES string of the molecule is O=P([O-])([O-])[O-].[La+3].[Na+]. The van der Waals surface area contributed by atoms with Crippen molar-refractivity contribution in [3.8, 4) is 0 Å². The molecule has 0 radical (unpaired) electrons. The summed E-state index contributed by atoms with van der Waals surface area (Å²) in [6.07, 6.45) is 0. The maximum atomic E-state index is 8.55. The normalized spacial score (nSPS) is 8.43. The van der Waals surface area contributed by atoms with Gasteiger partial charge in [-0.25, -0.2) is 0 Å². The zero-order valence-corrected chi connectivity index (χ0v) is 10.2. The van der Waals surface area contributed by atoms with Crippen molar-refractivity contribution < 1.29 is 84.4 Å². The first-order chi connectivity index (χ1) is 2.00. The molecule has 0 saturated carbocycles. The molecule has 0 amide bonds. The van der Waals surface area contributed by atoms with E-state index in [-0.39, 0.29) is 65.2 Å². The first-order valence-corrected chi connectivity index (χ1v) is 2.19. The van der Waals surface area contributed by atoms with Gasteiger partial charge in [-0.2, -0.15) is 7.82 Å². The predicted octanol–water partition coefficient (Wildman–Crippen LogP) is -5.82. The van der Waals surface area contributed by atoms with Crippen molar-refractivity contribution in [3.05, 3.63) is 0 Å². The van der Waals surface area contributed by atoms with Crippen LogP contribution >= 0.6 is 7.82 Å². The van der Waals surface area contributed by atoms with E-state index in [1.165, 1.54) is 0 Å². The van der Waals surface area contributed by atoms with Crippen molar-refractivity contribution >= 4 is 7.82 Å². The number of hydrogen-bond donors (Lipinski definition) is 0. The molecule has 0 saturated heterocycles.